The highest BCUT2D eigenvalue weighted by molar-refractivity contribution is 7.80. The van der Waals surface area contributed by atoms with Crippen LogP contribution in [0.4, 0.5) is 0 Å². The van der Waals surface area contributed by atoms with Gasteiger partial charge in [0, 0.05) is 14.1 Å². The van der Waals surface area contributed by atoms with Gasteiger partial charge < -0.3 is 20.7 Å². The van der Waals surface area contributed by atoms with Crippen molar-refractivity contribution in [3.63, 3.8) is 0 Å². The number of ether oxygens (including phenoxy) is 1. The van der Waals surface area contributed by atoms with Gasteiger partial charge in [-0.05, 0) is 12.1 Å². The zero-order valence-electron chi connectivity index (χ0n) is 11.4. The van der Waals surface area contributed by atoms with Gasteiger partial charge in [0.2, 0.25) is 5.91 Å². The zero-order valence-corrected chi connectivity index (χ0v) is 12.2. The molecule has 1 aromatic carbocycles. The zero-order chi connectivity index (χ0) is 15.1. The van der Waals surface area contributed by atoms with Gasteiger partial charge in [-0.15, -0.1) is 0 Å². The summed E-state index contributed by atoms with van der Waals surface area (Å²) in [6.07, 6.45) is 0. The number of amides is 2. The van der Waals surface area contributed by atoms with E-state index in [1.54, 1.807) is 38.4 Å². The molecule has 1 aromatic rings. The summed E-state index contributed by atoms with van der Waals surface area (Å²) in [6, 6.07) is 6.92. The van der Waals surface area contributed by atoms with Crippen LogP contribution in [0, 0.1) is 0 Å². The van der Waals surface area contributed by atoms with Gasteiger partial charge in [-0.25, -0.2) is 0 Å². The number of carbonyl (C=O) groups excluding carboxylic acids is 2. The standard InChI is InChI=1S/C13H17N3O3S/c1-16(2)12(18)7-15-11(17)8-19-10-6-4-3-5-9(10)13(14)20/h3-6H,7-8H2,1-2H3,(H2,14,20)(H,15,17). The van der Waals surface area contributed by atoms with Crippen molar-refractivity contribution in [1.82, 2.24) is 10.2 Å². The first kappa shape index (κ1) is 15.9. The average Bonchev–Trinajstić information content (AvgIpc) is 2.42. The van der Waals surface area contributed by atoms with Crippen molar-refractivity contribution in [1.29, 1.82) is 0 Å². The van der Waals surface area contributed by atoms with Crippen LogP contribution in [0.2, 0.25) is 0 Å². The van der Waals surface area contributed by atoms with Gasteiger partial charge in [0.15, 0.2) is 6.61 Å². The Bertz CT molecular complexity index is 517. The first-order valence-electron chi connectivity index (χ1n) is 5.90. The first-order valence-corrected chi connectivity index (χ1v) is 6.31. The second kappa shape index (κ2) is 7.44. The molecule has 0 spiro atoms. The number of carbonyl (C=O) groups is 2. The number of nitrogens with zero attached hydrogens (tertiary/aromatic N) is 1. The van der Waals surface area contributed by atoms with E-state index in [0.29, 0.717) is 11.3 Å². The Morgan fingerprint density at radius 3 is 2.60 bits per heavy atom. The van der Waals surface area contributed by atoms with E-state index >= 15 is 0 Å². The smallest absolute Gasteiger partial charge is 0.258 e. The lowest BCUT2D eigenvalue weighted by Crippen LogP contribution is -2.38. The van der Waals surface area contributed by atoms with Crippen molar-refractivity contribution in [3.05, 3.63) is 29.8 Å². The molecular formula is C13H17N3O3S. The van der Waals surface area contributed by atoms with Gasteiger partial charge in [0.25, 0.3) is 5.91 Å². The van der Waals surface area contributed by atoms with E-state index in [1.165, 1.54) is 4.90 Å². The number of rotatable bonds is 6. The number of benzene rings is 1. The average molecular weight is 295 g/mol. The molecule has 0 aliphatic carbocycles. The molecule has 0 unspecified atom stereocenters. The Kier molecular flexibility index (Phi) is 5.92. The quantitative estimate of drug-likeness (QED) is 0.716. The highest BCUT2D eigenvalue weighted by Crippen LogP contribution is 2.17. The number of nitrogens with one attached hydrogen (secondary N) is 1. The number of hydrogen-bond donors (Lipinski definition) is 2. The number of hydrogen-bond acceptors (Lipinski definition) is 4. The Morgan fingerprint density at radius 2 is 2.00 bits per heavy atom. The maximum atomic E-state index is 11.6. The molecule has 0 saturated heterocycles. The van der Waals surface area contributed by atoms with Crippen LogP contribution < -0.4 is 15.8 Å². The number of para-hydroxylation sites is 1. The Labute approximate surface area is 122 Å². The minimum Gasteiger partial charge on any atom is -0.483 e. The number of nitrogens with two attached hydrogens (primary N) is 1. The minimum atomic E-state index is -0.391. The maximum Gasteiger partial charge on any atom is 0.258 e. The van der Waals surface area contributed by atoms with Crippen molar-refractivity contribution in [3.8, 4) is 5.75 Å². The minimum absolute atomic E-state index is 0.0634. The van der Waals surface area contributed by atoms with Gasteiger partial charge in [-0.2, -0.15) is 0 Å². The van der Waals surface area contributed by atoms with Crippen LogP contribution in [0.3, 0.4) is 0 Å². The summed E-state index contributed by atoms with van der Waals surface area (Å²) in [5.74, 6) is -0.145. The largest absolute Gasteiger partial charge is 0.483 e. The van der Waals surface area contributed by atoms with Crippen LogP contribution in [-0.4, -0.2) is 48.9 Å². The summed E-state index contributed by atoms with van der Waals surface area (Å²) >= 11 is 4.89. The van der Waals surface area contributed by atoms with Crippen LogP contribution in [0.15, 0.2) is 24.3 Å². The van der Waals surface area contributed by atoms with Gasteiger partial charge in [0.05, 0.1) is 12.1 Å². The van der Waals surface area contributed by atoms with Crippen molar-refractivity contribution in [2.24, 2.45) is 5.73 Å². The fourth-order valence-corrected chi connectivity index (χ4v) is 1.49. The molecule has 0 aliphatic heterocycles. The molecule has 0 atom stereocenters. The molecule has 20 heavy (non-hydrogen) atoms. The van der Waals surface area contributed by atoms with E-state index in [4.69, 9.17) is 22.7 Å². The maximum absolute atomic E-state index is 11.6. The summed E-state index contributed by atoms with van der Waals surface area (Å²) in [5, 5.41) is 2.46. The number of thiocarbonyl (C=S) groups is 1. The van der Waals surface area contributed by atoms with E-state index in [1.807, 2.05) is 0 Å². The Hall–Kier alpha value is -2.15. The van der Waals surface area contributed by atoms with Crippen LogP contribution in [-0.2, 0) is 9.59 Å². The Balaban J connectivity index is 2.49. The van der Waals surface area contributed by atoms with Crippen LogP contribution >= 0.6 is 12.2 Å². The molecular weight excluding hydrogens is 278 g/mol. The van der Waals surface area contributed by atoms with Crippen LogP contribution in [0.1, 0.15) is 5.56 Å². The molecule has 2 amide bonds. The molecule has 0 bridgehead atoms. The molecule has 0 aliphatic rings. The second-order valence-electron chi connectivity index (χ2n) is 4.21. The first-order chi connectivity index (χ1) is 9.41. The summed E-state index contributed by atoms with van der Waals surface area (Å²) in [6.45, 7) is -0.271. The summed E-state index contributed by atoms with van der Waals surface area (Å²) < 4.78 is 5.35. The molecule has 0 saturated carbocycles. The predicted molar refractivity (Wildman–Crippen MR) is 79.5 cm³/mol. The SMILES string of the molecule is CN(C)C(=O)CNC(=O)COc1ccccc1C(N)=S. The highest BCUT2D eigenvalue weighted by atomic mass is 32.1. The fourth-order valence-electron chi connectivity index (χ4n) is 1.32. The lowest BCUT2D eigenvalue weighted by Gasteiger charge is -2.12. The molecule has 108 valence electrons. The van der Waals surface area contributed by atoms with E-state index in [0.717, 1.165) is 0 Å². The normalized spacial score (nSPS) is 9.70. The Morgan fingerprint density at radius 1 is 1.35 bits per heavy atom. The fraction of sp³-hybridized carbons (Fsp3) is 0.308. The van der Waals surface area contributed by atoms with Crippen LogP contribution in [0.5, 0.6) is 5.75 Å². The molecule has 3 N–H and O–H groups in total. The van der Waals surface area contributed by atoms with E-state index < -0.39 is 5.91 Å². The molecule has 1 rings (SSSR count). The second-order valence-corrected chi connectivity index (χ2v) is 4.65. The van der Waals surface area contributed by atoms with Gasteiger partial charge >= 0.3 is 0 Å². The van der Waals surface area contributed by atoms with Crippen molar-refractivity contribution in [2.75, 3.05) is 27.2 Å². The third-order valence-electron chi connectivity index (χ3n) is 2.45. The lowest BCUT2D eigenvalue weighted by atomic mass is 10.2. The molecule has 0 fully saturated rings. The third kappa shape index (κ3) is 4.85. The molecule has 0 aromatic heterocycles. The topological polar surface area (TPSA) is 84.7 Å². The van der Waals surface area contributed by atoms with E-state index in [9.17, 15) is 9.59 Å². The monoisotopic (exact) mass is 295 g/mol. The van der Waals surface area contributed by atoms with Gasteiger partial charge in [-0.3, -0.25) is 9.59 Å². The third-order valence-corrected chi connectivity index (χ3v) is 2.67. The number of likely N-dealkylation sites (N-methyl/N-ethyl adjacent to an activating group) is 1. The predicted octanol–water partition coefficient (Wildman–Crippen LogP) is -0.0960. The van der Waals surface area contributed by atoms with Crippen molar-refractivity contribution >= 4 is 29.0 Å². The molecule has 0 radical (unpaired) electrons. The van der Waals surface area contributed by atoms with E-state index in [2.05, 4.69) is 5.32 Å². The van der Waals surface area contributed by atoms with Crippen molar-refractivity contribution in [2.45, 2.75) is 0 Å². The summed E-state index contributed by atoms with van der Waals surface area (Å²) in [7, 11) is 3.23. The highest BCUT2D eigenvalue weighted by Gasteiger charge is 2.10. The molecule has 6 nitrogen and oxygen atoms in total. The van der Waals surface area contributed by atoms with E-state index in [-0.39, 0.29) is 24.0 Å². The lowest BCUT2D eigenvalue weighted by molar-refractivity contribution is -0.131. The molecule has 0 heterocycles. The molecule has 7 heteroatoms. The van der Waals surface area contributed by atoms with Crippen molar-refractivity contribution < 1.29 is 14.3 Å². The summed E-state index contributed by atoms with van der Waals surface area (Å²) in [5.41, 5.74) is 6.12. The van der Waals surface area contributed by atoms with Gasteiger partial charge in [0.1, 0.15) is 10.7 Å². The van der Waals surface area contributed by atoms with Gasteiger partial charge in [-0.1, -0.05) is 24.4 Å². The van der Waals surface area contributed by atoms with Crippen LogP contribution in [0.25, 0.3) is 0 Å². The summed E-state index contributed by atoms with van der Waals surface area (Å²) in [4.78, 5) is 24.4.